The molecule has 3 aromatic rings. The fourth-order valence-corrected chi connectivity index (χ4v) is 3.44. The summed E-state index contributed by atoms with van der Waals surface area (Å²) in [5.41, 5.74) is 9.61. The van der Waals surface area contributed by atoms with E-state index < -0.39 is 41.1 Å². The Kier molecular flexibility index (Phi) is 7.07. The number of hydrogen-bond donors (Lipinski definition) is 1. The lowest BCUT2D eigenvalue weighted by molar-refractivity contribution is -0.117. The summed E-state index contributed by atoms with van der Waals surface area (Å²) in [5, 5.41) is 6.03. The lowest BCUT2D eigenvalue weighted by atomic mass is 9.84. The molecular formula is C22H17F4N5O. The van der Waals surface area contributed by atoms with Crippen LogP contribution in [0, 0.1) is 23.3 Å². The van der Waals surface area contributed by atoms with Crippen molar-refractivity contribution in [3.05, 3.63) is 105 Å². The fourth-order valence-electron chi connectivity index (χ4n) is 3.44. The molecule has 0 fully saturated rings. The topological polar surface area (TPSA) is 90.8 Å². The highest BCUT2D eigenvalue weighted by atomic mass is 19.1. The molecule has 0 saturated carbocycles. The van der Waals surface area contributed by atoms with E-state index in [1.165, 1.54) is 18.3 Å². The van der Waals surface area contributed by atoms with Crippen LogP contribution in [0.25, 0.3) is 10.4 Å². The third-order valence-electron chi connectivity index (χ3n) is 4.85. The summed E-state index contributed by atoms with van der Waals surface area (Å²) >= 11 is 0. The van der Waals surface area contributed by atoms with Gasteiger partial charge in [0.2, 0.25) is 5.91 Å². The maximum Gasteiger partial charge on any atom is 0.234 e. The minimum atomic E-state index is -1.54. The van der Waals surface area contributed by atoms with Crippen molar-refractivity contribution in [2.24, 2.45) is 5.11 Å². The van der Waals surface area contributed by atoms with Crippen LogP contribution in [0.4, 0.5) is 23.2 Å². The molecule has 0 unspecified atom stereocenters. The average Bonchev–Trinajstić information content (AvgIpc) is 2.74. The molecular weight excluding hydrogens is 426 g/mol. The van der Waals surface area contributed by atoms with Crippen LogP contribution < -0.4 is 5.32 Å². The third-order valence-corrected chi connectivity index (χ3v) is 4.85. The molecule has 0 aliphatic carbocycles. The normalized spacial score (nSPS) is 12.5. The first-order valence-corrected chi connectivity index (χ1v) is 9.53. The second-order valence-corrected chi connectivity index (χ2v) is 6.87. The van der Waals surface area contributed by atoms with Gasteiger partial charge in [0.1, 0.15) is 29.3 Å². The number of carbonyl (C=O) groups excluding carboxylic acids is 1. The first kappa shape index (κ1) is 22.8. The van der Waals surface area contributed by atoms with Crippen molar-refractivity contribution in [2.75, 3.05) is 5.32 Å². The van der Waals surface area contributed by atoms with Gasteiger partial charge in [-0.1, -0.05) is 24.2 Å². The molecule has 6 nitrogen and oxygen atoms in total. The van der Waals surface area contributed by atoms with E-state index in [0.717, 1.165) is 30.5 Å². The Labute approximate surface area is 180 Å². The number of halogens is 4. The number of pyridine rings is 1. The number of nitrogens with zero attached hydrogens (tertiary/aromatic N) is 4. The Morgan fingerprint density at radius 1 is 1.03 bits per heavy atom. The number of rotatable bonds is 7. The van der Waals surface area contributed by atoms with Crippen molar-refractivity contribution in [2.45, 2.75) is 25.3 Å². The quantitative estimate of drug-likeness (QED) is 0.221. The third kappa shape index (κ3) is 5.04. The van der Waals surface area contributed by atoms with Gasteiger partial charge in [-0.25, -0.2) is 17.6 Å². The molecule has 2 aromatic carbocycles. The van der Waals surface area contributed by atoms with Gasteiger partial charge < -0.3 is 5.32 Å². The zero-order valence-corrected chi connectivity index (χ0v) is 16.8. The van der Waals surface area contributed by atoms with Gasteiger partial charge in [-0.3, -0.25) is 9.78 Å². The molecule has 1 heterocycles. The van der Waals surface area contributed by atoms with Crippen LogP contribution in [0.15, 0.2) is 60.0 Å². The highest BCUT2D eigenvalue weighted by Gasteiger charge is 2.32. The predicted octanol–water partition coefficient (Wildman–Crippen LogP) is 5.65. The zero-order chi connectivity index (χ0) is 23.3. The van der Waals surface area contributed by atoms with Gasteiger partial charge in [0, 0.05) is 22.5 Å². The summed E-state index contributed by atoms with van der Waals surface area (Å²) in [6.45, 7) is 1.68. The predicted molar refractivity (Wildman–Crippen MR) is 110 cm³/mol. The van der Waals surface area contributed by atoms with Gasteiger partial charge in [-0.05, 0) is 47.3 Å². The van der Waals surface area contributed by atoms with Crippen LogP contribution in [0.3, 0.4) is 0 Å². The van der Waals surface area contributed by atoms with Gasteiger partial charge in [-0.2, -0.15) is 0 Å². The van der Waals surface area contributed by atoms with E-state index in [1.54, 1.807) is 6.92 Å². The van der Waals surface area contributed by atoms with E-state index in [2.05, 4.69) is 20.3 Å². The van der Waals surface area contributed by atoms with E-state index in [9.17, 15) is 22.4 Å². The van der Waals surface area contributed by atoms with E-state index in [-0.39, 0.29) is 28.8 Å². The Hall–Kier alpha value is -3.91. The maximum absolute atomic E-state index is 14.1. The summed E-state index contributed by atoms with van der Waals surface area (Å²) in [4.78, 5) is 19.5. The van der Waals surface area contributed by atoms with Gasteiger partial charge in [0.15, 0.2) is 0 Å². The number of nitrogens with one attached hydrogen (secondary N) is 1. The average molecular weight is 443 g/mol. The van der Waals surface area contributed by atoms with Crippen molar-refractivity contribution in [3.8, 4) is 0 Å². The number of azide groups is 1. The largest absolute Gasteiger partial charge is 0.324 e. The van der Waals surface area contributed by atoms with E-state index in [1.807, 2.05) is 0 Å². The summed E-state index contributed by atoms with van der Waals surface area (Å²) < 4.78 is 55.4. The van der Waals surface area contributed by atoms with Gasteiger partial charge >= 0.3 is 0 Å². The maximum atomic E-state index is 14.1. The van der Waals surface area contributed by atoms with Crippen LogP contribution in [-0.2, 0) is 11.2 Å². The molecule has 3 rings (SSSR count). The van der Waals surface area contributed by atoms with Crippen molar-refractivity contribution < 1.29 is 22.4 Å². The first-order chi connectivity index (χ1) is 15.3. The van der Waals surface area contributed by atoms with Gasteiger partial charge in [-0.15, -0.1) is 0 Å². The monoisotopic (exact) mass is 443 g/mol. The molecule has 164 valence electrons. The Morgan fingerprint density at radius 2 is 1.69 bits per heavy atom. The second-order valence-electron chi connectivity index (χ2n) is 6.87. The highest BCUT2D eigenvalue weighted by molar-refractivity contribution is 5.96. The number of aromatic nitrogens is 1. The first-order valence-electron chi connectivity index (χ1n) is 9.53. The summed E-state index contributed by atoms with van der Waals surface area (Å²) in [6.07, 6.45) is 2.48. The summed E-state index contributed by atoms with van der Waals surface area (Å²) in [5.74, 6) is -5.04. The molecule has 1 aromatic heterocycles. The van der Waals surface area contributed by atoms with E-state index in [4.69, 9.17) is 5.53 Å². The van der Waals surface area contributed by atoms with E-state index >= 15 is 0 Å². The zero-order valence-electron chi connectivity index (χ0n) is 16.8. The smallest absolute Gasteiger partial charge is 0.234 e. The van der Waals surface area contributed by atoms with Crippen LogP contribution in [0.1, 0.15) is 29.5 Å². The minimum Gasteiger partial charge on any atom is -0.324 e. The molecule has 0 aliphatic heterocycles. The lowest BCUT2D eigenvalue weighted by Crippen LogP contribution is -2.33. The van der Waals surface area contributed by atoms with Gasteiger partial charge in [0.05, 0.1) is 18.1 Å². The molecule has 1 amide bonds. The van der Waals surface area contributed by atoms with E-state index in [0.29, 0.717) is 6.07 Å². The van der Waals surface area contributed by atoms with Crippen LogP contribution in [0.2, 0.25) is 0 Å². The van der Waals surface area contributed by atoms with Crippen molar-refractivity contribution in [3.63, 3.8) is 0 Å². The molecule has 0 saturated heterocycles. The Balaban J connectivity index is 2.10. The second kappa shape index (κ2) is 9.93. The number of amides is 1. The fraction of sp³-hybridized carbons (Fsp3) is 0.182. The number of carbonyl (C=O) groups is 1. The molecule has 10 heteroatoms. The molecule has 0 bridgehead atoms. The number of hydrogen-bond acceptors (Lipinski definition) is 3. The summed E-state index contributed by atoms with van der Waals surface area (Å²) in [6, 6.07) is 5.94. The molecule has 0 spiro atoms. The lowest BCUT2D eigenvalue weighted by Gasteiger charge is -2.24. The van der Waals surface area contributed by atoms with Crippen LogP contribution in [-0.4, -0.2) is 16.9 Å². The van der Waals surface area contributed by atoms with Crippen molar-refractivity contribution in [1.82, 2.24) is 4.98 Å². The van der Waals surface area contributed by atoms with Gasteiger partial charge in [0.25, 0.3) is 0 Å². The number of benzene rings is 2. The molecule has 0 radical (unpaired) electrons. The molecule has 2 atom stereocenters. The molecule has 32 heavy (non-hydrogen) atoms. The van der Waals surface area contributed by atoms with Crippen LogP contribution >= 0.6 is 0 Å². The minimum absolute atomic E-state index is 0.00487. The Morgan fingerprint density at radius 3 is 2.28 bits per heavy atom. The summed E-state index contributed by atoms with van der Waals surface area (Å²) in [7, 11) is 0. The standard InChI is InChI=1S/C22H17F4N5O/c1-2-17-18(26)10-28-11-19(17)29-22(32)21(30-31-27)20(12-3-5-14(23)6-4-12)13-7-15(24)9-16(25)8-13/h3-11,20-21H,2H2,1H3,(H,29,32)/t20-,21-/m0/s1. The number of anilines is 1. The SMILES string of the molecule is CCc1c(F)cncc1NC(=O)[C@@H](N=[N+]=[N-])[C@@H](c1ccc(F)cc1)c1cc(F)cc(F)c1. The Bertz CT molecular complexity index is 1160. The highest BCUT2D eigenvalue weighted by Crippen LogP contribution is 2.32. The molecule has 0 aliphatic rings. The van der Waals surface area contributed by atoms with Crippen LogP contribution in [0.5, 0.6) is 0 Å². The van der Waals surface area contributed by atoms with Crippen molar-refractivity contribution >= 4 is 11.6 Å². The van der Waals surface area contributed by atoms with Crippen molar-refractivity contribution in [1.29, 1.82) is 0 Å². The molecule has 1 N–H and O–H groups in total.